The second-order valence-electron chi connectivity index (χ2n) is 5.42. The van der Waals surface area contributed by atoms with Crippen molar-refractivity contribution in [1.82, 2.24) is 10.6 Å². The zero-order chi connectivity index (χ0) is 14.5. The van der Waals surface area contributed by atoms with Crippen molar-refractivity contribution in [3.05, 3.63) is 34.9 Å². The van der Waals surface area contributed by atoms with Gasteiger partial charge < -0.3 is 10.6 Å². The molecule has 2 rings (SSSR count). The van der Waals surface area contributed by atoms with E-state index < -0.39 is 0 Å². The molecule has 1 aliphatic rings. The molecule has 0 amide bonds. The lowest BCUT2D eigenvalue weighted by atomic mass is 10.1. The molecule has 0 heterocycles. The molecule has 3 atom stereocenters. The largest absolute Gasteiger partial charge is 0.354 e. The van der Waals surface area contributed by atoms with Gasteiger partial charge in [0.15, 0.2) is 5.96 Å². The summed E-state index contributed by atoms with van der Waals surface area (Å²) in [5.74, 6) is 1.48. The molecule has 0 radical (unpaired) electrons. The Morgan fingerprint density at radius 3 is 2.81 bits per heavy atom. The molecular formula is C16H25ClIN3. The lowest BCUT2D eigenvalue weighted by Crippen LogP contribution is -2.43. The molecule has 118 valence electrons. The van der Waals surface area contributed by atoms with E-state index in [1.54, 1.807) is 0 Å². The zero-order valence-corrected chi connectivity index (χ0v) is 16.0. The first-order valence-corrected chi connectivity index (χ1v) is 7.84. The molecule has 1 saturated carbocycles. The molecule has 0 aliphatic heterocycles. The molecule has 1 fully saturated rings. The highest BCUT2D eigenvalue weighted by molar-refractivity contribution is 14.0. The van der Waals surface area contributed by atoms with Gasteiger partial charge in [-0.25, -0.2) is 0 Å². The number of nitrogens with one attached hydrogen (secondary N) is 2. The monoisotopic (exact) mass is 421 g/mol. The van der Waals surface area contributed by atoms with Gasteiger partial charge in [-0.3, -0.25) is 4.99 Å². The molecule has 1 aliphatic carbocycles. The fourth-order valence-electron chi connectivity index (χ4n) is 2.26. The number of guanidine groups is 1. The number of halogens is 2. The number of nitrogens with zero attached hydrogens (tertiary/aromatic N) is 1. The number of benzene rings is 1. The van der Waals surface area contributed by atoms with Gasteiger partial charge in [0.05, 0.1) is 0 Å². The van der Waals surface area contributed by atoms with Gasteiger partial charge in [0.2, 0.25) is 0 Å². The number of rotatable bonds is 5. The summed E-state index contributed by atoms with van der Waals surface area (Å²) in [4.78, 5) is 4.51. The quantitative estimate of drug-likeness (QED) is 0.425. The van der Waals surface area contributed by atoms with Crippen molar-refractivity contribution in [2.24, 2.45) is 4.99 Å². The van der Waals surface area contributed by atoms with Gasteiger partial charge in [-0.15, -0.1) is 24.0 Å². The Balaban J connectivity index is 0.00000220. The van der Waals surface area contributed by atoms with E-state index in [0.717, 1.165) is 30.4 Å². The van der Waals surface area contributed by atoms with Crippen molar-refractivity contribution in [2.75, 3.05) is 6.54 Å². The van der Waals surface area contributed by atoms with E-state index in [9.17, 15) is 0 Å². The molecule has 0 bridgehead atoms. The molecule has 5 heteroatoms. The van der Waals surface area contributed by atoms with E-state index >= 15 is 0 Å². The van der Waals surface area contributed by atoms with Crippen LogP contribution in [0, 0.1) is 0 Å². The normalized spacial score (nSPS) is 22.2. The van der Waals surface area contributed by atoms with E-state index in [0.29, 0.717) is 18.0 Å². The summed E-state index contributed by atoms with van der Waals surface area (Å²) in [7, 11) is 0. The first-order chi connectivity index (χ1) is 9.63. The van der Waals surface area contributed by atoms with Gasteiger partial charge in [0.25, 0.3) is 0 Å². The smallest absolute Gasteiger partial charge is 0.191 e. The summed E-state index contributed by atoms with van der Waals surface area (Å²) in [6, 6.07) is 9.06. The summed E-state index contributed by atoms with van der Waals surface area (Å²) < 4.78 is 0. The first-order valence-electron chi connectivity index (χ1n) is 7.47. The van der Waals surface area contributed by atoms with Crippen LogP contribution >= 0.6 is 35.6 Å². The average molecular weight is 422 g/mol. The molecular weight excluding hydrogens is 397 g/mol. The lowest BCUT2D eigenvalue weighted by Gasteiger charge is -2.17. The Bertz CT molecular complexity index is 478. The van der Waals surface area contributed by atoms with E-state index in [-0.39, 0.29) is 24.0 Å². The van der Waals surface area contributed by atoms with Crippen LogP contribution in [-0.2, 0) is 0 Å². The molecule has 3 unspecified atom stereocenters. The van der Waals surface area contributed by atoms with Gasteiger partial charge in [-0.1, -0.05) is 30.7 Å². The molecule has 3 nitrogen and oxygen atoms in total. The highest BCUT2D eigenvalue weighted by Crippen LogP contribution is 2.41. The second kappa shape index (κ2) is 8.83. The topological polar surface area (TPSA) is 36.4 Å². The predicted molar refractivity (Wildman–Crippen MR) is 102 cm³/mol. The third-order valence-corrected chi connectivity index (χ3v) is 3.94. The van der Waals surface area contributed by atoms with Crippen LogP contribution in [0.4, 0.5) is 0 Å². The Labute approximate surface area is 150 Å². The third-order valence-electron chi connectivity index (χ3n) is 3.70. The summed E-state index contributed by atoms with van der Waals surface area (Å²) in [5.41, 5.74) is 1.31. The van der Waals surface area contributed by atoms with Gasteiger partial charge in [0, 0.05) is 29.6 Å². The van der Waals surface area contributed by atoms with Crippen LogP contribution in [0.5, 0.6) is 0 Å². The van der Waals surface area contributed by atoms with Crippen LogP contribution in [-0.4, -0.2) is 24.6 Å². The highest BCUT2D eigenvalue weighted by Gasteiger charge is 2.39. The number of aliphatic imine (C=N–C) groups is 1. The standard InChI is InChI=1S/C16H24ClN3.HI/c1-4-11(3)19-16(18-5-2)20-15-10-14(15)12-7-6-8-13(17)9-12;/h6-9,11,14-15H,4-5,10H2,1-3H3,(H2,18,19,20);1H. The van der Waals surface area contributed by atoms with E-state index in [1.807, 2.05) is 12.1 Å². The van der Waals surface area contributed by atoms with Crippen LogP contribution in [0.2, 0.25) is 5.02 Å². The maximum Gasteiger partial charge on any atom is 0.191 e. The zero-order valence-electron chi connectivity index (χ0n) is 12.9. The van der Waals surface area contributed by atoms with E-state index in [4.69, 9.17) is 11.6 Å². The minimum atomic E-state index is 0. The Morgan fingerprint density at radius 2 is 2.19 bits per heavy atom. The average Bonchev–Trinajstić information content (AvgIpc) is 3.18. The van der Waals surface area contributed by atoms with Crippen molar-refractivity contribution < 1.29 is 0 Å². The van der Waals surface area contributed by atoms with Crippen LogP contribution in [0.15, 0.2) is 29.3 Å². The van der Waals surface area contributed by atoms with Crippen LogP contribution in [0.3, 0.4) is 0 Å². The van der Waals surface area contributed by atoms with Crippen molar-refractivity contribution >= 4 is 41.5 Å². The third kappa shape index (κ3) is 5.66. The van der Waals surface area contributed by atoms with Crippen LogP contribution < -0.4 is 10.6 Å². The molecule has 1 aromatic carbocycles. The molecule has 0 spiro atoms. The number of hydrogen-bond acceptors (Lipinski definition) is 1. The van der Waals surface area contributed by atoms with Crippen molar-refractivity contribution in [1.29, 1.82) is 0 Å². The Kier molecular flexibility index (Phi) is 7.81. The fraction of sp³-hybridized carbons (Fsp3) is 0.562. The fourth-order valence-corrected chi connectivity index (χ4v) is 2.46. The van der Waals surface area contributed by atoms with Gasteiger partial charge in [-0.05, 0) is 44.4 Å². The minimum Gasteiger partial charge on any atom is -0.354 e. The lowest BCUT2D eigenvalue weighted by molar-refractivity contribution is 0.621. The predicted octanol–water partition coefficient (Wildman–Crippen LogP) is 4.17. The molecule has 0 aromatic heterocycles. The summed E-state index contributed by atoms with van der Waals surface area (Å²) >= 11 is 6.05. The van der Waals surface area contributed by atoms with E-state index in [1.165, 1.54) is 5.56 Å². The van der Waals surface area contributed by atoms with Gasteiger partial charge in [-0.2, -0.15) is 0 Å². The second-order valence-corrected chi connectivity index (χ2v) is 5.86. The van der Waals surface area contributed by atoms with Crippen molar-refractivity contribution in [3.8, 4) is 0 Å². The Morgan fingerprint density at radius 1 is 1.43 bits per heavy atom. The summed E-state index contributed by atoms with van der Waals surface area (Å²) in [5, 5.41) is 7.77. The maximum absolute atomic E-state index is 6.05. The minimum absolute atomic E-state index is 0. The first kappa shape index (κ1) is 18.6. The number of hydrogen-bond donors (Lipinski definition) is 2. The highest BCUT2D eigenvalue weighted by atomic mass is 127. The molecule has 21 heavy (non-hydrogen) atoms. The molecule has 1 aromatic rings. The molecule has 0 saturated heterocycles. The van der Waals surface area contributed by atoms with Crippen LogP contribution in [0.1, 0.15) is 45.1 Å². The van der Waals surface area contributed by atoms with Gasteiger partial charge in [0.1, 0.15) is 0 Å². The van der Waals surface area contributed by atoms with Crippen molar-refractivity contribution in [2.45, 2.75) is 51.6 Å². The molecule has 2 N–H and O–H groups in total. The van der Waals surface area contributed by atoms with Crippen molar-refractivity contribution in [3.63, 3.8) is 0 Å². The summed E-state index contributed by atoms with van der Waals surface area (Å²) in [6.07, 6.45) is 2.23. The van der Waals surface area contributed by atoms with E-state index in [2.05, 4.69) is 48.5 Å². The Hall–Kier alpha value is -0.490. The van der Waals surface area contributed by atoms with Gasteiger partial charge >= 0.3 is 0 Å². The maximum atomic E-state index is 6.05. The summed E-state index contributed by atoms with van der Waals surface area (Å²) in [6.45, 7) is 7.20. The van der Waals surface area contributed by atoms with Crippen LogP contribution in [0.25, 0.3) is 0 Å². The SMILES string of the molecule is CCN=C(NC(C)CC)NC1CC1c1cccc(Cl)c1.I.